The second-order valence-corrected chi connectivity index (χ2v) is 39.9. The average Bonchev–Trinajstić information content (AvgIpc) is 1.59. The molecule has 5 heterocycles. The number of para-hydroxylation sites is 4. The van der Waals surface area contributed by atoms with Crippen molar-refractivity contribution in [1.82, 2.24) is 9.13 Å². The van der Waals surface area contributed by atoms with Crippen LogP contribution >= 0.6 is 34.0 Å². The van der Waals surface area contributed by atoms with Gasteiger partial charge in [0.15, 0.2) is 0 Å². The normalized spacial score (nSPS) is 11.3. The van der Waals surface area contributed by atoms with Gasteiger partial charge in [0.1, 0.15) is 0 Å². The van der Waals surface area contributed by atoms with Gasteiger partial charge in [0, 0.05) is 93.4 Å². The molecule has 0 atom stereocenters. The van der Waals surface area contributed by atoms with Crippen molar-refractivity contribution in [3.63, 3.8) is 0 Å². The first-order valence-corrected chi connectivity index (χ1v) is 51.2. The van der Waals surface area contributed by atoms with Crippen molar-refractivity contribution in [2.75, 3.05) is 0 Å². The molecule has 0 saturated carbocycles. The third-order valence-corrected chi connectivity index (χ3v) is 31.3. The Bertz CT molecular complexity index is 9300. The highest BCUT2D eigenvalue weighted by molar-refractivity contribution is 7.26. The molecule has 142 heavy (non-hydrogen) atoms. The molecule has 0 spiro atoms. The van der Waals surface area contributed by atoms with Gasteiger partial charge in [-0.25, -0.2) is 0 Å². The van der Waals surface area contributed by atoms with E-state index in [1.54, 1.807) is 0 Å². The van der Waals surface area contributed by atoms with Gasteiger partial charge in [0.2, 0.25) is 0 Å². The molecule has 0 bridgehead atoms. The molecule has 5 aromatic heterocycles. The molecule has 0 unspecified atom stereocenters. The molecule has 676 valence electrons. The number of thiophene rings is 3. The SMILES string of the molecule is Cc1c(-c2ccccc2)cccc1-c1ccc2c(c1)sc1ccccc12.Cc1ccc(-c2ccc3c(c2)sc2ccccc23)cc1-c1ccccc1.Cc1ccc(-c2ccc3c4ccccc4n(-c4ccccc4)c3c2)cc1-c1ccccc1.Cc1ccccc1-c1cccc(-c2ccc3c(c2)sc2ccccc23)c1.Cc1ccccc1-c1cccc(-c2ccc3c4ccccc4n(-c4ccccc4)c3c2)c1. The molecule has 0 radical (unpaired) electrons. The van der Waals surface area contributed by atoms with E-state index in [0.29, 0.717) is 0 Å². The zero-order valence-corrected chi connectivity index (χ0v) is 82.1. The highest BCUT2D eigenvalue weighted by atomic mass is 32.1. The van der Waals surface area contributed by atoms with Crippen LogP contribution in [0.2, 0.25) is 0 Å². The fourth-order valence-corrected chi connectivity index (χ4v) is 24.0. The standard InChI is InChI=1S/2C31H23N.3C25H18S/c1-22-16-17-24(20-29(22)23-10-4-2-5-11-23)25-18-19-28-27-14-8-9-15-30(27)32(31(28)21-25)26-12-6-3-7-13-26;1-22-10-5-6-15-27(22)25-12-9-11-23(20-25)24-18-19-29-28-16-7-8-17-30(28)32(31(29)21-24)26-13-3-2-4-14-26;1-17-7-2-3-10-21(17)20-9-6-8-18(15-20)19-13-14-23-22-11-4-5-12-24(22)26-25(23)16-19;1-17-20(18-8-3-2-4-9-18)11-7-12-21(17)19-14-15-23-22-10-5-6-13-24(22)26-25(23)16-19;1-17-11-12-19(15-23(17)18-7-3-2-4-8-18)20-13-14-22-21-9-5-6-10-24(21)26-25(22)16-20/h2*2-21H,1H3;3*2-16H,1H3. The monoisotopic (exact) mass is 1870 g/mol. The number of rotatable bonds is 12. The highest BCUT2D eigenvalue weighted by Crippen LogP contribution is 2.45. The molecular formula is C137H100N2S3. The van der Waals surface area contributed by atoms with E-state index in [9.17, 15) is 0 Å². The maximum atomic E-state index is 2.38. The van der Waals surface area contributed by atoms with Crippen LogP contribution in [0.3, 0.4) is 0 Å². The van der Waals surface area contributed by atoms with Crippen molar-refractivity contribution in [2.45, 2.75) is 34.6 Å². The topological polar surface area (TPSA) is 9.86 Å². The van der Waals surface area contributed by atoms with Crippen LogP contribution in [0.25, 0.3) is 227 Å². The molecule has 0 aliphatic carbocycles. The summed E-state index contributed by atoms with van der Waals surface area (Å²) in [5.74, 6) is 0. The molecule has 0 aliphatic rings. The minimum atomic E-state index is 1.18. The zero-order chi connectivity index (χ0) is 95.5. The van der Waals surface area contributed by atoms with Gasteiger partial charge >= 0.3 is 0 Å². The van der Waals surface area contributed by atoms with Gasteiger partial charge in [-0.1, -0.05) is 406 Å². The lowest BCUT2D eigenvalue weighted by Gasteiger charge is -2.12. The summed E-state index contributed by atoms with van der Waals surface area (Å²) >= 11 is 5.62. The van der Waals surface area contributed by atoms with Crippen LogP contribution in [0.1, 0.15) is 27.8 Å². The van der Waals surface area contributed by atoms with Gasteiger partial charge in [-0.3, -0.25) is 0 Å². The summed E-state index contributed by atoms with van der Waals surface area (Å²) in [6.07, 6.45) is 0. The number of hydrogen-bond donors (Lipinski definition) is 0. The number of aryl methyl sites for hydroxylation is 4. The number of aromatic nitrogens is 2. The Morgan fingerprint density at radius 3 is 0.775 bits per heavy atom. The first-order chi connectivity index (χ1) is 70.0. The number of hydrogen-bond acceptors (Lipinski definition) is 3. The van der Waals surface area contributed by atoms with Crippen molar-refractivity contribution >= 4 is 138 Å². The molecule has 5 heteroatoms. The highest BCUT2D eigenvalue weighted by Gasteiger charge is 2.20. The predicted octanol–water partition coefficient (Wildman–Crippen LogP) is 39.9. The molecule has 27 rings (SSSR count). The second kappa shape index (κ2) is 39.5. The molecule has 0 fully saturated rings. The van der Waals surface area contributed by atoms with Crippen molar-refractivity contribution in [2.24, 2.45) is 0 Å². The van der Waals surface area contributed by atoms with Crippen LogP contribution in [0.15, 0.2) is 516 Å². The van der Waals surface area contributed by atoms with E-state index in [-0.39, 0.29) is 0 Å². The predicted molar refractivity (Wildman–Crippen MR) is 618 cm³/mol. The molecular weight excluding hydrogens is 1770 g/mol. The summed E-state index contributed by atoms with van der Waals surface area (Å²) in [6, 6.07) is 186. The van der Waals surface area contributed by atoms with Crippen molar-refractivity contribution < 1.29 is 0 Å². The van der Waals surface area contributed by atoms with Gasteiger partial charge < -0.3 is 9.13 Å². The Labute approximate surface area is 841 Å². The molecule has 0 N–H and O–H groups in total. The van der Waals surface area contributed by atoms with Crippen LogP contribution in [0.4, 0.5) is 0 Å². The molecule has 2 nitrogen and oxygen atoms in total. The zero-order valence-electron chi connectivity index (χ0n) is 79.7. The lowest BCUT2D eigenvalue weighted by atomic mass is 9.92. The minimum absolute atomic E-state index is 1.18. The van der Waals surface area contributed by atoms with Crippen LogP contribution in [-0.2, 0) is 0 Å². The third kappa shape index (κ3) is 17.8. The third-order valence-electron chi connectivity index (χ3n) is 27.9. The Kier molecular flexibility index (Phi) is 24.8. The largest absolute Gasteiger partial charge is 0.309 e. The Balaban J connectivity index is 0.0000000990. The van der Waals surface area contributed by atoms with Crippen molar-refractivity contribution in [3.05, 3.63) is 543 Å². The first kappa shape index (κ1) is 89.0. The van der Waals surface area contributed by atoms with Crippen molar-refractivity contribution in [1.29, 1.82) is 0 Å². The fourth-order valence-electron chi connectivity index (χ4n) is 20.6. The van der Waals surface area contributed by atoms with E-state index >= 15 is 0 Å². The van der Waals surface area contributed by atoms with Gasteiger partial charge in [-0.2, -0.15) is 0 Å². The van der Waals surface area contributed by atoms with E-state index in [0.717, 1.165) is 0 Å². The first-order valence-electron chi connectivity index (χ1n) is 48.7. The van der Waals surface area contributed by atoms with E-state index in [1.807, 2.05) is 34.0 Å². The second-order valence-electron chi connectivity index (χ2n) is 36.7. The van der Waals surface area contributed by atoms with E-state index in [2.05, 4.69) is 559 Å². The quantitative estimate of drug-likeness (QED) is 0.115. The van der Waals surface area contributed by atoms with E-state index < -0.39 is 0 Å². The number of benzene rings is 22. The van der Waals surface area contributed by atoms with Crippen LogP contribution in [0.5, 0.6) is 0 Å². The average molecular weight is 1870 g/mol. The Morgan fingerprint density at radius 2 is 0.373 bits per heavy atom. The number of fused-ring (bicyclic) bond motifs is 15. The summed E-state index contributed by atoms with van der Waals surface area (Å²) in [5, 5.41) is 13.3. The van der Waals surface area contributed by atoms with Gasteiger partial charge in [-0.05, 0) is 283 Å². The lowest BCUT2D eigenvalue weighted by molar-refractivity contribution is 1.18. The molecule has 27 aromatic rings. The van der Waals surface area contributed by atoms with Crippen LogP contribution in [-0.4, -0.2) is 9.13 Å². The summed E-state index contributed by atoms with van der Waals surface area (Å²) in [4.78, 5) is 0. The summed E-state index contributed by atoms with van der Waals surface area (Å²) < 4.78 is 12.9. The minimum Gasteiger partial charge on any atom is -0.309 e. The fraction of sp³-hybridized carbons (Fsp3) is 0.0365. The number of nitrogens with zero attached hydrogens (tertiary/aromatic N) is 2. The summed E-state index contributed by atoms with van der Waals surface area (Å²) in [6.45, 7) is 10.9. The van der Waals surface area contributed by atoms with Gasteiger partial charge in [-0.15, -0.1) is 34.0 Å². The molecule has 0 amide bonds. The Hall–Kier alpha value is -16.9. The molecule has 0 aliphatic heterocycles. The summed E-state index contributed by atoms with van der Waals surface area (Å²) in [5.41, 5.74) is 39.3. The van der Waals surface area contributed by atoms with E-state index in [4.69, 9.17) is 0 Å². The molecule has 0 saturated heterocycles. The van der Waals surface area contributed by atoms with Gasteiger partial charge in [0.25, 0.3) is 0 Å². The maximum Gasteiger partial charge on any atom is 0.0547 e. The summed E-state index contributed by atoms with van der Waals surface area (Å²) in [7, 11) is 0. The smallest absolute Gasteiger partial charge is 0.0547 e. The Morgan fingerprint density at radius 1 is 0.134 bits per heavy atom. The van der Waals surface area contributed by atoms with Gasteiger partial charge in [0.05, 0.1) is 22.1 Å². The van der Waals surface area contributed by atoms with Crippen LogP contribution in [0, 0.1) is 34.6 Å². The lowest BCUT2D eigenvalue weighted by Crippen LogP contribution is -1.93. The molecule has 22 aromatic carbocycles. The van der Waals surface area contributed by atoms with E-state index in [1.165, 1.54) is 255 Å². The maximum absolute atomic E-state index is 2.38. The van der Waals surface area contributed by atoms with Crippen LogP contribution < -0.4 is 0 Å². The van der Waals surface area contributed by atoms with Crippen molar-refractivity contribution in [3.8, 4) is 123 Å².